The van der Waals surface area contributed by atoms with Gasteiger partial charge >= 0.3 is 5.97 Å². The summed E-state index contributed by atoms with van der Waals surface area (Å²) >= 11 is 0. The molecule has 1 aromatic carbocycles. The van der Waals surface area contributed by atoms with E-state index in [9.17, 15) is 9.59 Å². The van der Waals surface area contributed by atoms with Crippen molar-refractivity contribution in [1.29, 1.82) is 0 Å². The van der Waals surface area contributed by atoms with Crippen LogP contribution in [0.25, 0.3) is 0 Å². The summed E-state index contributed by atoms with van der Waals surface area (Å²) in [6.07, 6.45) is 1.78. The second kappa shape index (κ2) is 7.44. The molecule has 0 fully saturated rings. The summed E-state index contributed by atoms with van der Waals surface area (Å²) in [5, 5.41) is 0. The summed E-state index contributed by atoms with van der Waals surface area (Å²) < 4.78 is 4.54. The van der Waals surface area contributed by atoms with Crippen LogP contribution in [0, 0.1) is 0 Å². The average Bonchev–Trinajstić information content (AvgIpc) is 2.38. The number of hydrogen-bond acceptors (Lipinski definition) is 3. The predicted octanol–water partition coefficient (Wildman–Crippen LogP) is 1.60. The van der Waals surface area contributed by atoms with Crippen LogP contribution in [-0.2, 0) is 20.9 Å². The van der Waals surface area contributed by atoms with E-state index in [1.54, 1.807) is 4.90 Å². The van der Waals surface area contributed by atoms with Crippen molar-refractivity contribution in [2.75, 3.05) is 13.7 Å². The van der Waals surface area contributed by atoms with E-state index in [1.165, 1.54) is 7.11 Å². The van der Waals surface area contributed by atoms with E-state index >= 15 is 0 Å². The van der Waals surface area contributed by atoms with Crippen LogP contribution in [0.2, 0.25) is 0 Å². The minimum absolute atomic E-state index is 0.240. The molecule has 0 unspecified atom stereocenters. The number of rotatable bonds is 7. The van der Waals surface area contributed by atoms with Crippen LogP contribution in [-0.4, -0.2) is 30.9 Å². The number of nitrogens with zero attached hydrogens (tertiary/aromatic N) is 1. The minimum Gasteiger partial charge on any atom is -0.469 e. The summed E-state index contributed by atoms with van der Waals surface area (Å²) in [4.78, 5) is 23.4. The van der Waals surface area contributed by atoms with Crippen molar-refractivity contribution in [3.05, 3.63) is 35.9 Å². The standard InChI is InChI=1S/C13H17NO3/c1-17-13(16)8-5-9-14(11-15)10-12-6-3-2-4-7-12/h2-4,6-7,11H,5,8-10H2,1H3. The van der Waals surface area contributed by atoms with Crippen LogP contribution in [0.1, 0.15) is 18.4 Å². The van der Waals surface area contributed by atoms with Gasteiger partial charge in [-0.3, -0.25) is 9.59 Å². The van der Waals surface area contributed by atoms with Gasteiger partial charge in [-0.25, -0.2) is 0 Å². The fourth-order valence-corrected chi connectivity index (χ4v) is 1.52. The lowest BCUT2D eigenvalue weighted by Gasteiger charge is -2.16. The van der Waals surface area contributed by atoms with Crippen LogP contribution < -0.4 is 0 Å². The van der Waals surface area contributed by atoms with Gasteiger partial charge in [0.05, 0.1) is 7.11 Å². The fourth-order valence-electron chi connectivity index (χ4n) is 1.52. The summed E-state index contributed by atoms with van der Waals surface area (Å²) in [5.74, 6) is -0.240. The Bertz CT molecular complexity index is 351. The van der Waals surface area contributed by atoms with Crippen molar-refractivity contribution in [1.82, 2.24) is 4.90 Å². The predicted molar refractivity (Wildman–Crippen MR) is 64.2 cm³/mol. The van der Waals surface area contributed by atoms with E-state index in [-0.39, 0.29) is 5.97 Å². The zero-order chi connectivity index (χ0) is 12.5. The smallest absolute Gasteiger partial charge is 0.305 e. The molecule has 0 aliphatic heterocycles. The highest BCUT2D eigenvalue weighted by Crippen LogP contribution is 2.04. The Morgan fingerprint density at radius 2 is 2.06 bits per heavy atom. The molecule has 0 aliphatic carbocycles. The lowest BCUT2D eigenvalue weighted by molar-refractivity contribution is -0.141. The molecule has 0 saturated carbocycles. The second-order valence-corrected chi connectivity index (χ2v) is 3.74. The largest absolute Gasteiger partial charge is 0.469 e. The highest BCUT2D eigenvalue weighted by atomic mass is 16.5. The number of carbonyl (C=O) groups excluding carboxylic acids is 2. The maximum Gasteiger partial charge on any atom is 0.305 e. The Kier molecular flexibility index (Phi) is 5.79. The van der Waals surface area contributed by atoms with E-state index < -0.39 is 0 Å². The molecule has 1 rings (SSSR count). The Morgan fingerprint density at radius 3 is 2.65 bits per heavy atom. The zero-order valence-electron chi connectivity index (χ0n) is 9.96. The third-order valence-electron chi connectivity index (χ3n) is 2.43. The first kappa shape index (κ1) is 13.2. The van der Waals surface area contributed by atoms with E-state index in [4.69, 9.17) is 0 Å². The lowest BCUT2D eigenvalue weighted by atomic mass is 10.2. The van der Waals surface area contributed by atoms with Crippen molar-refractivity contribution >= 4 is 12.4 Å². The first-order valence-electron chi connectivity index (χ1n) is 5.56. The number of methoxy groups -OCH3 is 1. The third kappa shape index (κ3) is 5.15. The molecular formula is C13H17NO3. The maximum absolute atomic E-state index is 10.9. The highest BCUT2D eigenvalue weighted by molar-refractivity contribution is 5.69. The van der Waals surface area contributed by atoms with Crippen LogP contribution >= 0.6 is 0 Å². The van der Waals surface area contributed by atoms with Gasteiger partial charge in [-0.2, -0.15) is 0 Å². The van der Waals surface area contributed by atoms with Crippen molar-refractivity contribution in [2.24, 2.45) is 0 Å². The Hall–Kier alpha value is -1.84. The van der Waals surface area contributed by atoms with Gasteiger partial charge in [-0.1, -0.05) is 30.3 Å². The van der Waals surface area contributed by atoms with Crippen molar-refractivity contribution < 1.29 is 14.3 Å². The molecule has 0 heterocycles. The average molecular weight is 235 g/mol. The van der Waals surface area contributed by atoms with E-state index in [2.05, 4.69) is 4.74 Å². The first-order valence-corrected chi connectivity index (χ1v) is 5.56. The molecule has 0 bridgehead atoms. The van der Waals surface area contributed by atoms with Crippen molar-refractivity contribution in [3.8, 4) is 0 Å². The number of hydrogen-bond donors (Lipinski definition) is 0. The van der Waals surface area contributed by atoms with Gasteiger partial charge in [0.25, 0.3) is 0 Å². The van der Waals surface area contributed by atoms with Gasteiger partial charge < -0.3 is 9.64 Å². The van der Waals surface area contributed by atoms with E-state index in [0.29, 0.717) is 25.9 Å². The molecule has 17 heavy (non-hydrogen) atoms. The molecule has 0 spiro atoms. The summed E-state index contributed by atoms with van der Waals surface area (Å²) in [5.41, 5.74) is 1.08. The SMILES string of the molecule is COC(=O)CCCN(C=O)Cc1ccccc1. The molecule has 0 aliphatic rings. The van der Waals surface area contributed by atoms with E-state index in [1.807, 2.05) is 30.3 Å². The number of ether oxygens (including phenoxy) is 1. The highest BCUT2D eigenvalue weighted by Gasteiger charge is 2.05. The molecule has 0 atom stereocenters. The number of amides is 1. The van der Waals surface area contributed by atoms with Gasteiger partial charge in [0.15, 0.2) is 0 Å². The monoisotopic (exact) mass is 235 g/mol. The Balaban J connectivity index is 2.34. The number of carbonyl (C=O) groups is 2. The summed E-state index contributed by atoms with van der Waals surface area (Å²) in [6, 6.07) is 9.75. The van der Waals surface area contributed by atoms with Gasteiger partial charge in [-0.05, 0) is 12.0 Å². The number of esters is 1. The Morgan fingerprint density at radius 1 is 1.35 bits per heavy atom. The quantitative estimate of drug-likeness (QED) is 0.532. The maximum atomic E-state index is 10.9. The summed E-state index contributed by atoms with van der Waals surface area (Å²) in [7, 11) is 1.36. The number of benzene rings is 1. The minimum atomic E-state index is -0.240. The first-order chi connectivity index (χ1) is 8.26. The molecule has 1 aromatic rings. The molecule has 4 nitrogen and oxygen atoms in total. The molecule has 0 aromatic heterocycles. The topological polar surface area (TPSA) is 46.6 Å². The van der Waals surface area contributed by atoms with Crippen molar-refractivity contribution in [2.45, 2.75) is 19.4 Å². The second-order valence-electron chi connectivity index (χ2n) is 3.74. The molecule has 4 heteroatoms. The van der Waals surface area contributed by atoms with Gasteiger partial charge in [0, 0.05) is 19.5 Å². The van der Waals surface area contributed by atoms with Gasteiger partial charge in [-0.15, -0.1) is 0 Å². The zero-order valence-corrected chi connectivity index (χ0v) is 9.96. The summed E-state index contributed by atoms with van der Waals surface area (Å²) in [6.45, 7) is 1.14. The van der Waals surface area contributed by atoms with Crippen LogP contribution in [0.15, 0.2) is 30.3 Å². The van der Waals surface area contributed by atoms with Crippen LogP contribution in [0.5, 0.6) is 0 Å². The molecule has 0 N–H and O–H groups in total. The molecule has 0 saturated heterocycles. The molecular weight excluding hydrogens is 218 g/mol. The van der Waals surface area contributed by atoms with Crippen LogP contribution in [0.4, 0.5) is 0 Å². The molecule has 0 radical (unpaired) electrons. The molecule has 92 valence electrons. The van der Waals surface area contributed by atoms with E-state index in [0.717, 1.165) is 12.0 Å². The fraction of sp³-hybridized carbons (Fsp3) is 0.385. The van der Waals surface area contributed by atoms with Gasteiger partial charge in [0.2, 0.25) is 6.41 Å². The van der Waals surface area contributed by atoms with Crippen molar-refractivity contribution in [3.63, 3.8) is 0 Å². The normalized spacial score (nSPS) is 9.71. The third-order valence-corrected chi connectivity index (χ3v) is 2.43. The molecule has 1 amide bonds. The Labute approximate surface area is 101 Å². The van der Waals surface area contributed by atoms with Gasteiger partial charge in [0.1, 0.15) is 0 Å². The lowest BCUT2D eigenvalue weighted by Crippen LogP contribution is -2.23. The van der Waals surface area contributed by atoms with Crippen LogP contribution in [0.3, 0.4) is 0 Å².